The molecule has 3 aromatic rings. The zero-order chi connectivity index (χ0) is 20.5. The largest absolute Gasteiger partial charge is 0.505 e. The van der Waals surface area contributed by atoms with Gasteiger partial charge in [-0.25, -0.2) is 4.79 Å². The van der Waals surface area contributed by atoms with E-state index < -0.39 is 23.0 Å². The van der Waals surface area contributed by atoms with Gasteiger partial charge in [-0.1, -0.05) is 51.1 Å². The van der Waals surface area contributed by atoms with E-state index in [1.807, 2.05) is 51.1 Å². The maximum absolute atomic E-state index is 13.0. The van der Waals surface area contributed by atoms with Crippen LogP contribution in [0.5, 0.6) is 11.5 Å². The Labute approximate surface area is 162 Å². The highest BCUT2D eigenvalue weighted by atomic mass is 16.5. The molecule has 2 aromatic carbocycles. The zero-order valence-electron chi connectivity index (χ0n) is 16.1. The zero-order valence-corrected chi connectivity index (χ0v) is 16.1. The molecule has 0 spiro atoms. The first-order chi connectivity index (χ1) is 13.2. The minimum absolute atomic E-state index is 0.159. The van der Waals surface area contributed by atoms with Crippen LogP contribution in [0.3, 0.4) is 0 Å². The highest BCUT2D eigenvalue weighted by Crippen LogP contribution is 2.30. The molecule has 3 rings (SSSR count). The Bertz CT molecular complexity index is 1080. The van der Waals surface area contributed by atoms with Gasteiger partial charge in [-0.3, -0.25) is 9.36 Å². The summed E-state index contributed by atoms with van der Waals surface area (Å²) in [6.45, 7) is 6.18. The fourth-order valence-electron chi connectivity index (χ4n) is 3.08. The molecule has 6 nitrogen and oxygen atoms in total. The number of carbonyl (C=O) groups is 1. The Morgan fingerprint density at radius 3 is 2.36 bits per heavy atom. The molecule has 28 heavy (non-hydrogen) atoms. The molecule has 0 saturated carbocycles. The molecule has 1 heterocycles. The number of benzene rings is 2. The van der Waals surface area contributed by atoms with E-state index in [1.54, 1.807) is 12.1 Å². The van der Waals surface area contributed by atoms with Crippen LogP contribution < -0.4 is 10.3 Å². The summed E-state index contributed by atoms with van der Waals surface area (Å²) in [6.07, 6.45) is 0. The summed E-state index contributed by atoms with van der Waals surface area (Å²) in [6, 6.07) is 14.3. The summed E-state index contributed by atoms with van der Waals surface area (Å²) in [7, 11) is 0. The number of ether oxygens (including phenoxy) is 1. The van der Waals surface area contributed by atoms with Gasteiger partial charge < -0.3 is 14.9 Å². The Morgan fingerprint density at radius 1 is 1.07 bits per heavy atom. The SMILES string of the molecule is CC(C)(C)Cn1c(C(=O)O)c(O)c2ccc(OCc3ccccc3)cc2c1=O. The van der Waals surface area contributed by atoms with Gasteiger partial charge in [0.1, 0.15) is 12.4 Å². The van der Waals surface area contributed by atoms with Crippen molar-refractivity contribution in [3.63, 3.8) is 0 Å². The van der Waals surface area contributed by atoms with Crippen molar-refractivity contribution < 1.29 is 19.7 Å². The predicted molar refractivity (Wildman–Crippen MR) is 107 cm³/mol. The monoisotopic (exact) mass is 381 g/mol. The Kier molecular flexibility index (Phi) is 5.14. The summed E-state index contributed by atoms with van der Waals surface area (Å²) in [5, 5.41) is 20.5. The van der Waals surface area contributed by atoms with Crippen LogP contribution in [0.25, 0.3) is 10.8 Å². The summed E-state index contributed by atoms with van der Waals surface area (Å²) in [5.41, 5.74) is -0.234. The van der Waals surface area contributed by atoms with Crippen molar-refractivity contribution in [2.24, 2.45) is 5.41 Å². The van der Waals surface area contributed by atoms with E-state index in [-0.39, 0.29) is 22.7 Å². The molecule has 0 unspecified atom stereocenters. The van der Waals surface area contributed by atoms with Crippen LogP contribution in [0.15, 0.2) is 53.3 Å². The average molecular weight is 381 g/mol. The molecule has 0 aliphatic rings. The highest BCUT2D eigenvalue weighted by Gasteiger charge is 2.25. The summed E-state index contributed by atoms with van der Waals surface area (Å²) in [5.74, 6) is -1.29. The molecular formula is C22H23NO5. The molecule has 0 saturated heterocycles. The molecule has 0 radical (unpaired) electrons. The third-order valence-electron chi connectivity index (χ3n) is 4.30. The first-order valence-corrected chi connectivity index (χ1v) is 8.97. The molecule has 1 aromatic heterocycles. The normalized spacial score (nSPS) is 11.5. The van der Waals surface area contributed by atoms with Crippen LogP contribution in [0, 0.1) is 5.41 Å². The van der Waals surface area contributed by atoms with Crippen molar-refractivity contribution in [3.05, 3.63) is 70.1 Å². The van der Waals surface area contributed by atoms with Gasteiger partial charge in [0.15, 0.2) is 11.4 Å². The van der Waals surface area contributed by atoms with E-state index >= 15 is 0 Å². The quantitative estimate of drug-likeness (QED) is 0.697. The van der Waals surface area contributed by atoms with Crippen LogP contribution >= 0.6 is 0 Å². The number of pyridine rings is 1. The van der Waals surface area contributed by atoms with E-state index in [1.165, 1.54) is 6.07 Å². The Hall–Kier alpha value is -3.28. The Morgan fingerprint density at radius 2 is 1.75 bits per heavy atom. The molecule has 6 heteroatoms. The van der Waals surface area contributed by atoms with Gasteiger partial charge in [-0.15, -0.1) is 0 Å². The number of hydrogen-bond acceptors (Lipinski definition) is 4. The van der Waals surface area contributed by atoms with Crippen molar-refractivity contribution in [3.8, 4) is 11.5 Å². The van der Waals surface area contributed by atoms with Gasteiger partial charge >= 0.3 is 5.97 Å². The van der Waals surface area contributed by atoms with E-state index in [0.29, 0.717) is 12.4 Å². The van der Waals surface area contributed by atoms with Crippen LogP contribution in [0.4, 0.5) is 0 Å². The van der Waals surface area contributed by atoms with E-state index in [4.69, 9.17) is 4.74 Å². The second-order valence-electron chi connectivity index (χ2n) is 7.94. The number of aromatic hydroxyl groups is 1. The number of fused-ring (bicyclic) bond motifs is 1. The van der Waals surface area contributed by atoms with Crippen molar-refractivity contribution in [2.45, 2.75) is 33.9 Å². The first kappa shape index (κ1) is 19.5. The van der Waals surface area contributed by atoms with Gasteiger partial charge in [0.05, 0.1) is 5.39 Å². The number of carboxylic acid groups (broad SMARTS) is 1. The smallest absolute Gasteiger partial charge is 0.356 e. The lowest BCUT2D eigenvalue weighted by molar-refractivity contribution is 0.0677. The number of nitrogens with zero attached hydrogens (tertiary/aromatic N) is 1. The number of hydrogen-bond donors (Lipinski definition) is 2. The molecule has 0 aliphatic heterocycles. The van der Waals surface area contributed by atoms with Crippen molar-refractivity contribution in [1.29, 1.82) is 0 Å². The minimum atomic E-state index is -1.34. The molecule has 146 valence electrons. The number of rotatable bonds is 5. The lowest BCUT2D eigenvalue weighted by atomic mass is 9.96. The van der Waals surface area contributed by atoms with Crippen LogP contribution in [-0.2, 0) is 13.2 Å². The lowest BCUT2D eigenvalue weighted by Crippen LogP contribution is -2.31. The fourth-order valence-corrected chi connectivity index (χ4v) is 3.08. The first-order valence-electron chi connectivity index (χ1n) is 8.97. The van der Waals surface area contributed by atoms with Crippen molar-refractivity contribution in [2.75, 3.05) is 0 Å². The predicted octanol–water partition coefficient (Wildman–Crippen LogP) is 4.03. The summed E-state index contributed by atoms with van der Waals surface area (Å²) in [4.78, 5) is 24.7. The number of aromatic carboxylic acids is 1. The third kappa shape index (κ3) is 4.01. The molecular weight excluding hydrogens is 358 g/mol. The molecule has 0 atom stereocenters. The summed E-state index contributed by atoms with van der Waals surface area (Å²) < 4.78 is 6.89. The second kappa shape index (κ2) is 7.38. The number of aromatic nitrogens is 1. The van der Waals surface area contributed by atoms with Gasteiger partial charge in [-0.05, 0) is 29.2 Å². The molecule has 0 bridgehead atoms. The maximum atomic E-state index is 13.0. The minimum Gasteiger partial charge on any atom is -0.505 e. The molecule has 0 aliphatic carbocycles. The maximum Gasteiger partial charge on any atom is 0.356 e. The standard InChI is InChI=1S/C22H23NO5/c1-22(2,3)13-23-18(21(26)27)19(24)16-10-9-15(11-17(16)20(23)25)28-12-14-7-5-4-6-8-14/h4-11,24H,12-13H2,1-3H3,(H,26,27). The molecule has 0 fully saturated rings. The van der Waals surface area contributed by atoms with Gasteiger partial charge in [-0.2, -0.15) is 0 Å². The van der Waals surface area contributed by atoms with E-state index in [0.717, 1.165) is 10.1 Å². The third-order valence-corrected chi connectivity index (χ3v) is 4.30. The summed E-state index contributed by atoms with van der Waals surface area (Å²) >= 11 is 0. The van der Waals surface area contributed by atoms with Crippen molar-refractivity contribution in [1.82, 2.24) is 4.57 Å². The Balaban J connectivity index is 2.09. The van der Waals surface area contributed by atoms with E-state index in [9.17, 15) is 19.8 Å². The van der Waals surface area contributed by atoms with Crippen LogP contribution in [0.2, 0.25) is 0 Å². The topological polar surface area (TPSA) is 88.8 Å². The lowest BCUT2D eigenvalue weighted by Gasteiger charge is -2.22. The second-order valence-corrected chi connectivity index (χ2v) is 7.94. The molecule has 2 N–H and O–H groups in total. The van der Waals surface area contributed by atoms with E-state index in [2.05, 4.69) is 0 Å². The van der Waals surface area contributed by atoms with Gasteiger partial charge in [0.25, 0.3) is 5.56 Å². The van der Waals surface area contributed by atoms with Gasteiger partial charge in [0.2, 0.25) is 0 Å². The van der Waals surface area contributed by atoms with Crippen LogP contribution in [0.1, 0.15) is 36.8 Å². The fraction of sp³-hybridized carbons (Fsp3) is 0.273. The van der Waals surface area contributed by atoms with Gasteiger partial charge in [0, 0.05) is 11.9 Å². The number of carboxylic acids is 1. The molecule has 0 amide bonds. The van der Waals surface area contributed by atoms with Crippen LogP contribution in [-0.4, -0.2) is 20.7 Å². The average Bonchev–Trinajstić information content (AvgIpc) is 2.63. The highest BCUT2D eigenvalue weighted by molar-refractivity contribution is 5.98. The van der Waals surface area contributed by atoms with Crippen molar-refractivity contribution >= 4 is 16.7 Å².